The zero-order chi connectivity index (χ0) is 58.4. The van der Waals surface area contributed by atoms with Gasteiger partial charge >= 0.3 is 11.9 Å². The quantitative estimate of drug-likeness (QED) is 0.0399. The van der Waals surface area contributed by atoms with Crippen molar-refractivity contribution in [1.82, 2.24) is 20.8 Å². The van der Waals surface area contributed by atoms with Gasteiger partial charge in [-0.2, -0.15) is 18.7 Å². The third-order valence-corrected chi connectivity index (χ3v) is 18.5. The average molecular weight is 1210 g/mol. The van der Waals surface area contributed by atoms with Crippen LogP contribution in [0.4, 0.5) is 21.6 Å². The van der Waals surface area contributed by atoms with Crippen LogP contribution in [0, 0.1) is 17.8 Å². The molecule has 0 spiro atoms. The summed E-state index contributed by atoms with van der Waals surface area (Å²) in [4.78, 5) is 33.8. The van der Waals surface area contributed by atoms with Crippen molar-refractivity contribution in [2.75, 3.05) is 20.5 Å². The predicted octanol–water partition coefficient (Wildman–Crippen LogP) is 14.7. The zero-order valence-corrected chi connectivity index (χ0v) is 49.8. The van der Waals surface area contributed by atoms with Crippen LogP contribution < -0.4 is 31.3 Å². The van der Waals surface area contributed by atoms with Gasteiger partial charge in [0.15, 0.2) is 11.7 Å². The van der Waals surface area contributed by atoms with E-state index in [2.05, 4.69) is 23.0 Å². The molecule has 17 nitrogen and oxygen atoms in total. The molecule has 8 aromatic rings. The Kier molecular flexibility index (Phi) is 20.8. The molecule has 10 rings (SSSR count). The highest BCUT2D eigenvalue weighted by molar-refractivity contribution is 7.88. The highest BCUT2D eigenvalue weighted by atomic mass is 35.5. The molecule has 0 saturated heterocycles. The number of amidine groups is 2. The Bertz CT molecular complexity index is 3360. The Morgan fingerprint density at radius 2 is 0.988 bits per heavy atom. The number of nitrogens with one attached hydrogen (secondary N) is 2. The second-order valence-electron chi connectivity index (χ2n) is 19.7. The van der Waals surface area contributed by atoms with Crippen LogP contribution in [0.5, 0.6) is 0 Å². The van der Waals surface area contributed by atoms with E-state index in [1.54, 1.807) is 32.9 Å². The van der Waals surface area contributed by atoms with Crippen LogP contribution in [0.15, 0.2) is 168 Å². The van der Waals surface area contributed by atoms with Crippen LogP contribution in [-0.2, 0) is 19.7 Å². The number of benzene rings is 6. The molecule has 5 N–H and O–H groups in total. The van der Waals surface area contributed by atoms with E-state index in [4.69, 9.17) is 43.4 Å². The Morgan fingerprint density at radius 3 is 1.37 bits per heavy atom. The van der Waals surface area contributed by atoms with Crippen LogP contribution in [0.3, 0.4) is 0 Å². The van der Waals surface area contributed by atoms with Crippen LogP contribution in [-0.4, -0.2) is 61.5 Å². The van der Waals surface area contributed by atoms with Crippen molar-refractivity contribution in [3.63, 3.8) is 0 Å². The standard InChI is InChI=1S/2C20H14ClN5S.C20H38O7S/c2*21-16-11-5-4-10-15(16)19-23-25(14-8-2-1-3-9-14)26(24-19)20-22-17-12-6-7-13-18(17)27-20;1-5-9-11-15(7-3)13-17(18(21)22)20(19(23)24,28(25,26)27)14-16(8-4)12-10-6-2/h2*1-13H,(H,23,24);15-17H,5-14H2,1-4H3,(H,21,22)(H,23,24)(H,25,26,27). The molecule has 0 fully saturated rings. The van der Waals surface area contributed by atoms with Crippen molar-refractivity contribution in [1.29, 1.82) is 0 Å². The Balaban J connectivity index is 0.000000161. The molecule has 6 aromatic carbocycles. The number of halogens is 2. The third-order valence-electron chi connectivity index (χ3n) is 14.3. The largest absolute Gasteiger partial charge is 0.481 e. The molecular weight excluding hydrogens is 1140 g/mol. The summed E-state index contributed by atoms with van der Waals surface area (Å²) in [6, 6.07) is 51.4. The number of aromatic nitrogens is 2. The molecule has 0 aliphatic carbocycles. The maximum Gasteiger partial charge on any atom is 0.328 e. The summed E-state index contributed by atoms with van der Waals surface area (Å²) in [5, 5.41) is 39.4. The van der Waals surface area contributed by atoms with E-state index >= 15 is 0 Å². The van der Waals surface area contributed by atoms with Gasteiger partial charge in [0.05, 0.1) is 47.8 Å². The van der Waals surface area contributed by atoms with E-state index in [-0.39, 0.29) is 18.3 Å². The summed E-state index contributed by atoms with van der Waals surface area (Å²) in [7, 11) is -5.15. The number of carboxylic acids is 2. The van der Waals surface area contributed by atoms with Crippen molar-refractivity contribution < 1.29 is 32.8 Å². The van der Waals surface area contributed by atoms with Gasteiger partial charge in [0, 0.05) is 11.1 Å². The number of carboxylic acid groups (broad SMARTS) is 2. The lowest BCUT2D eigenvalue weighted by molar-refractivity contribution is -0.153. The van der Waals surface area contributed by atoms with Gasteiger partial charge in [-0.1, -0.05) is 210 Å². The molecule has 4 heterocycles. The summed E-state index contributed by atoms with van der Waals surface area (Å²) in [6.07, 6.45) is 5.37. The minimum atomic E-state index is -5.15. The highest BCUT2D eigenvalue weighted by Gasteiger charge is 2.60. The fourth-order valence-corrected chi connectivity index (χ4v) is 13.2. The molecule has 0 bridgehead atoms. The van der Waals surface area contributed by atoms with E-state index in [1.807, 2.05) is 184 Å². The maximum absolute atomic E-state index is 12.4. The van der Waals surface area contributed by atoms with Gasteiger partial charge in [0.1, 0.15) is 0 Å². The molecule has 4 atom stereocenters. The van der Waals surface area contributed by atoms with E-state index in [1.165, 1.54) is 0 Å². The number of nitrogens with zero attached hydrogens (tertiary/aromatic N) is 8. The van der Waals surface area contributed by atoms with Crippen molar-refractivity contribution in [3.8, 4) is 0 Å². The lowest BCUT2D eigenvalue weighted by Crippen LogP contribution is -2.56. The normalized spacial score (nSPS) is 15.0. The molecule has 4 unspecified atom stereocenters. The van der Waals surface area contributed by atoms with Gasteiger partial charge in [-0.05, 0) is 97.5 Å². The number of unbranched alkanes of at least 4 members (excludes halogenated alkanes) is 2. The predicted molar refractivity (Wildman–Crippen MR) is 333 cm³/mol. The molecule has 0 radical (unpaired) electrons. The molecule has 82 heavy (non-hydrogen) atoms. The number of thiazole rings is 2. The summed E-state index contributed by atoms with van der Waals surface area (Å²) >= 11 is 15.9. The minimum Gasteiger partial charge on any atom is -0.481 e. The first-order chi connectivity index (χ1) is 39.6. The highest BCUT2D eigenvalue weighted by Crippen LogP contribution is 2.42. The number of fused-ring (bicyclic) bond motifs is 2. The second kappa shape index (κ2) is 28.1. The van der Waals surface area contributed by atoms with Gasteiger partial charge in [0.25, 0.3) is 10.1 Å². The number of rotatable bonds is 22. The van der Waals surface area contributed by atoms with Gasteiger partial charge in [-0.3, -0.25) is 25.0 Å². The maximum atomic E-state index is 12.4. The summed E-state index contributed by atoms with van der Waals surface area (Å²) in [6.45, 7) is 7.67. The number of hydrazine groups is 4. The number of hydrogen-bond acceptors (Lipinski definition) is 16. The van der Waals surface area contributed by atoms with E-state index in [0.717, 1.165) is 78.9 Å². The van der Waals surface area contributed by atoms with Crippen molar-refractivity contribution >= 4 is 122 Å². The lowest BCUT2D eigenvalue weighted by Gasteiger charge is -2.36. The Hall–Kier alpha value is -7.33. The fourth-order valence-electron chi connectivity index (χ4n) is 9.74. The molecule has 2 aromatic heterocycles. The number of hydrazone groups is 2. The minimum absolute atomic E-state index is 0.0812. The zero-order valence-electron chi connectivity index (χ0n) is 45.8. The number of para-hydroxylation sites is 4. The molecule has 22 heteroatoms. The lowest BCUT2D eigenvalue weighted by atomic mass is 9.76. The molecule has 0 amide bonds. The first kappa shape index (κ1) is 60.8. The average Bonchev–Trinajstić information content (AvgIpc) is 3.11. The van der Waals surface area contributed by atoms with Crippen LogP contribution >= 0.6 is 45.9 Å². The first-order valence-electron chi connectivity index (χ1n) is 27.3. The summed E-state index contributed by atoms with van der Waals surface area (Å²) < 4.78 is 34.2. The summed E-state index contributed by atoms with van der Waals surface area (Å²) in [5.74, 6) is -4.03. The summed E-state index contributed by atoms with van der Waals surface area (Å²) in [5.41, 5.74) is 12.2. The number of hydrogen-bond donors (Lipinski definition) is 5. The van der Waals surface area contributed by atoms with Gasteiger partial charge < -0.3 is 10.2 Å². The molecule has 430 valence electrons. The van der Waals surface area contributed by atoms with Crippen molar-refractivity contribution in [3.05, 3.63) is 179 Å². The third kappa shape index (κ3) is 14.1. The van der Waals surface area contributed by atoms with E-state index in [0.29, 0.717) is 47.4 Å². The number of aliphatic carboxylic acids is 2. The van der Waals surface area contributed by atoms with Crippen LogP contribution in [0.1, 0.15) is 103 Å². The number of anilines is 4. The molecule has 0 saturated carbocycles. The fraction of sp³-hybridized carbons (Fsp3) is 0.300. The van der Waals surface area contributed by atoms with Crippen molar-refractivity contribution in [2.45, 2.75) is 96.7 Å². The van der Waals surface area contributed by atoms with Gasteiger partial charge in [-0.25, -0.2) is 9.97 Å². The second-order valence-corrected chi connectivity index (χ2v) is 24.2. The molecule has 2 aliphatic rings. The monoisotopic (exact) mass is 1200 g/mol. The van der Waals surface area contributed by atoms with Gasteiger partial charge in [-0.15, -0.1) is 20.4 Å². The smallest absolute Gasteiger partial charge is 0.328 e. The van der Waals surface area contributed by atoms with E-state index < -0.39 is 39.1 Å². The topological polar surface area (TPSA) is 216 Å². The number of carbonyl (C=O) groups is 2. The first-order valence-corrected chi connectivity index (χ1v) is 31.1. The Morgan fingerprint density at radius 1 is 0.585 bits per heavy atom. The SMILES string of the molecule is CCCCC(CC)CC(C(=O)O)C(CC(CC)CCCC)(C(=O)O)S(=O)(=O)O.Clc1ccccc1C1=NN(c2nc3ccccc3s2)N(c2ccccc2)N1.Clc1ccccc1C1=NN(c2nc3ccccc3s2)N(c2ccccc2)N1. The Labute approximate surface area is 496 Å². The van der Waals surface area contributed by atoms with E-state index in [9.17, 15) is 32.8 Å². The van der Waals surface area contributed by atoms with Crippen molar-refractivity contribution in [2.24, 2.45) is 28.0 Å². The van der Waals surface area contributed by atoms with Gasteiger partial charge in [0.2, 0.25) is 15.0 Å². The molecular formula is C60H66Cl2N10O7S3. The molecule has 2 aliphatic heterocycles. The van der Waals surface area contributed by atoms with Crippen LogP contribution in [0.2, 0.25) is 10.0 Å². The van der Waals surface area contributed by atoms with Crippen LogP contribution in [0.25, 0.3) is 20.4 Å².